The van der Waals surface area contributed by atoms with Crippen LogP contribution in [0.1, 0.15) is 82.0 Å². The van der Waals surface area contributed by atoms with Gasteiger partial charge in [0.25, 0.3) is 0 Å². The van der Waals surface area contributed by atoms with Crippen LogP contribution in [-0.4, -0.2) is 140 Å². The zero-order chi connectivity index (χ0) is 39.9. The maximum Gasteiger partial charge on any atom is 0.250 e. The minimum Gasteiger partial charge on any atom is -0.463 e. The van der Waals surface area contributed by atoms with E-state index in [0.29, 0.717) is 38.0 Å². The second-order valence-corrected chi connectivity index (χ2v) is 13.3. The Morgan fingerprint density at radius 2 is 1.44 bits per heavy atom. The first-order valence-electron chi connectivity index (χ1n) is 18.2. The molecule has 1 saturated heterocycles. The number of amides is 4. The first-order chi connectivity index (χ1) is 25.7. The highest BCUT2D eigenvalue weighted by atomic mass is 16.7. The molecule has 1 aliphatic heterocycles. The maximum absolute atomic E-state index is 13.1. The SMILES string of the molecule is [B]c1c([B])c([B])c(C(=O)NCCCCCCN(CCC(=O)Nc2ccc(OC3OC(CO)C(O)C(O)C3NC(C)=O)cc2)C(=O)CCCCC)c([B])c1[B]. The summed E-state index contributed by atoms with van der Waals surface area (Å²) in [5.41, 5.74) is 0.470. The molecule has 18 heteroatoms. The predicted molar refractivity (Wildman–Crippen MR) is 211 cm³/mol. The third-order valence-electron chi connectivity index (χ3n) is 9.16. The average molecular weight is 734 g/mol. The molecule has 0 spiro atoms. The quantitative estimate of drug-likeness (QED) is 0.0600. The summed E-state index contributed by atoms with van der Waals surface area (Å²) in [6, 6.07) is 5.19. The fourth-order valence-corrected chi connectivity index (χ4v) is 5.99. The van der Waals surface area contributed by atoms with Gasteiger partial charge in [0.05, 0.1) is 6.61 Å². The van der Waals surface area contributed by atoms with E-state index in [1.807, 2.05) is 0 Å². The molecule has 280 valence electrons. The van der Waals surface area contributed by atoms with Crippen LogP contribution < -0.4 is 48.0 Å². The number of benzene rings is 2. The number of unbranched alkanes of at least 4 members (excludes halogenated alkanes) is 5. The van der Waals surface area contributed by atoms with E-state index >= 15 is 0 Å². The predicted octanol–water partition coefficient (Wildman–Crippen LogP) is -3.29. The normalized spacial score (nSPS) is 19.5. The first kappa shape index (κ1) is 44.7. The standard InChI is InChI=1S/C36H47B5N4O9/c1-3-4-7-10-25(49)45(17-9-6-5-8-16-42-35(52)26-27(37)29(39)31(41)30(40)28(26)38)18-15-24(48)44-21-11-13-22(14-12-21)53-36-32(43-20(2)47)34(51)33(50)23(19-46)54-36/h11-14,23,32-34,36,46,50-51H,3-10,15-19H2,1-2H3,(H,42,52)(H,43,47)(H,44,48). The molecule has 0 aliphatic carbocycles. The molecule has 0 saturated carbocycles. The van der Waals surface area contributed by atoms with Gasteiger partial charge in [0.2, 0.25) is 29.9 Å². The first-order valence-corrected chi connectivity index (χ1v) is 18.2. The zero-order valence-electron chi connectivity index (χ0n) is 31.0. The molecule has 13 nitrogen and oxygen atoms in total. The van der Waals surface area contributed by atoms with Crippen molar-refractivity contribution in [2.24, 2.45) is 0 Å². The van der Waals surface area contributed by atoms with E-state index < -0.39 is 49.1 Å². The molecule has 0 bridgehead atoms. The smallest absolute Gasteiger partial charge is 0.250 e. The Morgan fingerprint density at radius 1 is 0.815 bits per heavy atom. The Kier molecular flexibility index (Phi) is 18.2. The fraction of sp³-hybridized carbons (Fsp3) is 0.556. The van der Waals surface area contributed by atoms with Crippen LogP contribution in [0.15, 0.2) is 24.3 Å². The molecule has 1 fully saturated rings. The van der Waals surface area contributed by atoms with Gasteiger partial charge in [-0.3, -0.25) is 19.2 Å². The van der Waals surface area contributed by atoms with Crippen molar-refractivity contribution in [2.75, 3.05) is 31.6 Å². The van der Waals surface area contributed by atoms with Crippen molar-refractivity contribution in [1.82, 2.24) is 15.5 Å². The van der Waals surface area contributed by atoms with Gasteiger partial charge in [-0.1, -0.05) is 43.5 Å². The fourth-order valence-electron chi connectivity index (χ4n) is 5.99. The molecule has 2 aromatic carbocycles. The number of carbonyl (C=O) groups is 4. The van der Waals surface area contributed by atoms with Crippen LogP contribution in [0.5, 0.6) is 5.75 Å². The largest absolute Gasteiger partial charge is 0.463 e. The lowest BCUT2D eigenvalue weighted by Crippen LogP contribution is -2.65. The molecule has 1 heterocycles. The van der Waals surface area contributed by atoms with Gasteiger partial charge in [-0.05, 0) is 43.5 Å². The maximum atomic E-state index is 13.1. The average Bonchev–Trinajstić information content (AvgIpc) is 3.14. The topological polar surface area (TPSA) is 187 Å². The molecule has 4 amide bonds. The lowest BCUT2D eigenvalue weighted by Gasteiger charge is -2.42. The van der Waals surface area contributed by atoms with Crippen molar-refractivity contribution in [3.05, 3.63) is 29.8 Å². The van der Waals surface area contributed by atoms with Gasteiger partial charge in [-0.15, -0.1) is 16.4 Å². The van der Waals surface area contributed by atoms with E-state index in [-0.39, 0.29) is 63.4 Å². The molecule has 0 aromatic heterocycles. The number of nitrogens with one attached hydrogen (secondary N) is 3. The molecule has 54 heavy (non-hydrogen) atoms. The minimum atomic E-state index is -1.45. The Labute approximate surface area is 324 Å². The van der Waals surface area contributed by atoms with Gasteiger partial charge < -0.3 is 45.6 Å². The number of hydrogen-bond acceptors (Lipinski definition) is 9. The molecular weight excluding hydrogens is 686 g/mol. The van der Waals surface area contributed by atoms with Crippen molar-refractivity contribution in [3.8, 4) is 5.75 Å². The number of carbonyl (C=O) groups excluding carboxylic acids is 4. The van der Waals surface area contributed by atoms with Crippen molar-refractivity contribution in [3.63, 3.8) is 0 Å². The Bertz CT molecular complexity index is 1560. The molecular formula is C36H47B5N4O9. The van der Waals surface area contributed by atoms with Gasteiger partial charge in [0, 0.05) is 50.7 Å². The van der Waals surface area contributed by atoms with Crippen LogP contribution in [0.3, 0.4) is 0 Å². The van der Waals surface area contributed by atoms with Crippen LogP contribution in [0.2, 0.25) is 0 Å². The summed E-state index contributed by atoms with van der Waals surface area (Å²) in [7, 11) is 29.4. The number of aliphatic hydroxyl groups excluding tert-OH is 3. The second-order valence-electron chi connectivity index (χ2n) is 13.3. The van der Waals surface area contributed by atoms with Crippen molar-refractivity contribution >= 4 is 95.9 Å². The number of aliphatic hydroxyl groups is 3. The summed E-state index contributed by atoms with van der Waals surface area (Å²) in [5, 5.41) is 38.3. The summed E-state index contributed by atoms with van der Waals surface area (Å²) in [5.74, 6) is -0.992. The summed E-state index contributed by atoms with van der Waals surface area (Å²) in [6.45, 7) is 3.82. The number of rotatable bonds is 20. The van der Waals surface area contributed by atoms with Gasteiger partial charge in [0.15, 0.2) is 0 Å². The number of hydrogen-bond donors (Lipinski definition) is 6. The van der Waals surface area contributed by atoms with E-state index in [9.17, 15) is 34.5 Å². The summed E-state index contributed by atoms with van der Waals surface area (Å²) >= 11 is 0. The Balaban J connectivity index is 1.47. The second kappa shape index (κ2) is 22.0. The molecule has 3 rings (SSSR count). The van der Waals surface area contributed by atoms with Gasteiger partial charge >= 0.3 is 0 Å². The summed E-state index contributed by atoms with van der Waals surface area (Å²) in [6.07, 6.45) is 0.868. The Hall–Kier alpha value is -3.72. The number of anilines is 1. The molecule has 5 atom stereocenters. The van der Waals surface area contributed by atoms with Crippen LogP contribution in [0.25, 0.3) is 0 Å². The Morgan fingerprint density at radius 3 is 2.06 bits per heavy atom. The van der Waals surface area contributed by atoms with E-state index in [1.54, 1.807) is 29.2 Å². The van der Waals surface area contributed by atoms with Gasteiger partial charge in [0.1, 0.15) is 69.3 Å². The number of nitrogens with zero attached hydrogens (tertiary/aromatic N) is 1. The number of ether oxygens (including phenoxy) is 2. The zero-order valence-corrected chi connectivity index (χ0v) is 31.0. The van der Waals surface area contributed by atoms with E-state index in [4.69, 9.17) is 48.7 Å². The van der Waals surface area contributed by atoms with E-state index in [1.165, 1.54) is 6.92 Å². The highest BCUT2D eigenvalue weighted by Gasteiger charge is 2.46. The van der Waals surface area contributed by atoms with Crippen LogP contribution in [-0.2, 0) is 19.1 Å². The van der Waals surface area contributed by atoms with E-state index in [0.717, 1.165) is 32.1 Å². The lowest BCUT2D eigenvalue weighted by atomic mass is 9.60. The molecule has 2 aromatic rings. The van der Waals surface area contributed by atoms with Crippen molar-refractivity contribution in [1.29, 1.82) is 0 Å². The minimum absolute atomic E-state index is 0.00416. The molecule has 1 aliphatic rings. The molecule has 5 unspecified atom stereocenters. The van der Waals surface area contributed by atoms with Gasteiger partial charge in [-0.25, -0.2) is 0 Å². The van der Waals surface area contributed by atoms with Gasteiger partial charge in [-0.2, -0.15) is 0 Å². The van der Waals surface area contributed by atoms with Crippen molar-refractivity contribution < 1.29 is 44.0 Å². The highest BCUT2D eigenvalue weighted by Crippen LogP contribution is 2.25. The lowest BCUT2D eigenvalue weighted by molar-refractivity contribution is -0.244. The highest BCUT2D eigenvalue weighted by molar-refractivity contribution is 6.68. The van der Waals surface area contributed by atoms with Crippen LogP contribution in [0.4, 0.5) is 5.69 Å². The third kappa shape index (κ3) is 12.7. The molecule has 6 N–H and O–H groups in total. The van der Waals surface area contributed by atoms with E-state index in [2.05, 4.69) is 22.9 Å². The van der Waals surface area contributed by atoms with Crippen LogP contribution in [0, 0.1) is 0 Å². The van der Waals surface area contributed by atoms with Crippen molar-refractivity contribution in [2.45, 2.75) is 102 Å². The summed E-state index contributed by atoms with van der Waals surface area (Å²) in [4.78, 5) is 52.1. The third-order valence-corrected chi connectivity index (χ3v) is 9.16. The van der Waals surface area contributed by atoms with Crippen LogP contribution >= 0.6 is 0 Å². The molecule has 10 radical (unpaired) electrons. The summed E-state index contributed by atoms with van der Waals surface area (Å²) < 4.78 is 11.4. The monoisotopic (exact) mass is 734 g/mol.